The molecule has 4 aliphatic rings. The minimum Gasteiger partial charge on any atom is -0.388 e. The summed E-state index contributed by atoms with van der Waals surface area (Å²) >= 11 is 0. The molecular formula is C27H52N6O12. The summed E-state index contributed by atoms with van der Waals surface area (Å²) in [5, 5.41) is 84.2. The maximum atomic E-state index is 13.1. The van der Waals surface area contributed by atoms with Crippen molar-refractivity contribution in [3.63, 3.8) is 0 Å². The Morgan fingerprint density at radius 2 is 1.62 bits per heavy atom. The molecule has 0 aromatic heterocycles. The summed E-state index contributed by atoms with van der Waals surface area (Å²) in [5.41, 5.74) is 14.5. The van der Waals surface area contributed by atoms with Crippen LogP contribution in [0.2, 0.25) is 0 Å². The van der Waals surface area contributed by atoms with E-state index in [1.165, 1.54) is 14.0 Å². The lowest BCUT2D eigenvalue weighted by molar-refractivity contribution is -0.331. The van der Waals surface area contributed by atoms with Crippen molar-refractivity contribution in [2.75, 3.05) is 33.3 Å². The normalized spacial score (nSPS) is 48.9. The van der Waals surface area contributed by atoms with Crippen molar-refractivity contribution in [2.24, 2.45) is 17.2 Å². The quantitative estimate of drug-likeness (QED) is 0.0871. The largest absolute Gasteiger partial charge is 0.388 e. The number of aliphatic hydroxyl groups is 7. The zero-order valence-corrected chi connectivity index (χ0v) is 25.6. The summed E-state index contributed by atoms with van der Waals surface area (Å²) in [5.74, 6) is -0.740. The van der Waals surface area contributed by atoms with Gasteiger partial charge in [-0.15, -0.1) is 0 Å². The molecule has 0 aromatic carbocycles. The number of carbonyl (C=O) groups excluding carboxylic acids is 1. The first kappa shape index (κ1) is 36.7. The number of likely N-dealkylation sites (N-methyl/N-ethyl adjacent to an activating group) is 1. The Balaban J connectivity index is 1.53. The molecule has 2 saturated carbocycles. The topological polar surface area (TPSA) is 310 Å². The van der Waals surface area contributed by atoms with Crippen LogP contribution < -0.4 is 33.2 Å². The molecule has 0 spiro atoms. The van der Waals surface area contributed by atoms with Gasteiger partial charge in [-0.05, 0) is 39.9 Å². The number of nitrogens with two attached hydrogens (primary N) is 3. The highest BCUT2D eigenvalue weighted by Gasteiger charge is 2.55. The third kappa shape index (κ3) is 7.94. The van der Waals surface area contributed by atoms with Gasteiger partial charge in [-0.3, -0.25) is 4.79 Å². The first-order valence-electron chi connectivity index (χ1n) is 15.5. The van der Waals surface area contributed by atoms with Gasteiger partial charge in [0.15, 0.2) is 12.6 Å². The Morgan fingerprint density at radius 1 is 0.956 bits per heavy atom. The van der Waals surface area contributed by atoms with Crippen LogP contribution in [-0.4, -0.2) is 172 Å². The predicted octanol–water partition coefficient (Wildman–Crippen LogP) is -7.01. The van der Waals surface area contributed by atoms with E-state index in [0.29, 0.717) is 19.5 Å². The number of nitrogens with one attached hydrogen (secondary N) is 3. The van der Waals surface area contributed by atoms with Crippen LogP contribution in [0.15, 0.2) is 0 Å². The van der Waals surface area contributed by atoms with Gasteiger partial charge in [0.2, 0.25) is 0 Å². The highest BCUT2D eigenvalue weighted by Crippen LogP contribution is 2.35. The zero-order chi connectivity index (χ0) is 33.3. The van der Waals surface area contributed by atoms with E-state index in [0.717, 1.165) is 0 Å². The van der Waals surface area contributed by atoms with E-state index in [4.69, 9.17) is 36.1 Å². The van der Waals surface area contributed by atoms with Crippen molar-refractivity contribution in [2.45, 2.75) is 129 Å². The van der Waals surface area contributed by atoms with Crippen molar-refractivity contribution in [1.29, 1.82) is 0 Å². The third-order valence-electron chi connectivity index (χ3n) is 9.25. The van der Waals surface area contributed by atoms with Crippen LogP contribution in [0, 0.1) is 0 Å². The fourth-order valence-corrected chi connectivity index (χ4v) is 6.58. The van der Waals surface area contributed by atoms with Gasteiger partial charge in [-0.2, -0.15) is 0 Å². The Labute approximate surface area is 261 Å². The fourth-order valence-electron chi connectivity index (χ4n) is 6.58. The summed E-state index contributed by atoms with van der Waals surface area (Å²) in [7, 11) is 1.54. The van der Waals surface area contributed by atoms with E-state index in [2.05, 4.69) is 16.0 Å². The van der Waals surface area contributed by atoms with E-state index in [1.807, 2.05) is 0 Å². The molecule has 2 heterocycles. The minimum atomic E-state index is -1.71. The molecule has 14 atom stereocenters. The Bertz CT molecular complexity index is 979. The Morgan fingerprint density at radius 3 is 2.24 bits per heavy atom. The molecule has 18 nitrogen and oxygen atoms in total. The molecule has 262 valence electrons. The van der Waals surface area contributed by atoms with Crippen molar-refractivity contribution < 1.29 is 59.5 Å². The summed E-state index contributed by atoms with van der Waals surface area (Å²) in [6.45, 7) is 2.30. The second-order valence-corrected chi connectivity index (χ2v) is 13.0. The van der Waals surface area contributed by atoms with Crippen LogP contribution in [0.4, 0.5) is 0 Å². The second kappa shape index (κ2) is 14.9. The van der Waals surface area contributed by atoms with Crippen LogP contribution >= 0.6 is 0 Å². The number of aliphatic hydroxyl groups excluding tert-OH is 5. The number of hydrogen-bond donors (Lipinski definition) is 13. The van der Waals surface area contributed by atoms with Gasteiger partial charge in [0.25, 0.3) is 5.91 Å². The predicted molar refractivity (Wildman–Crippen MR) is 155 cm³/mol. The van der Waals surface area contributed by atoms with Crippen molar-refractivity contribution >= 4 is 5.91 Å². The molecule has 18 heteroatoms. The van der Waals surface area contributed by atoms with Gasteiger partial charge in [0, 0.05) is 31.5 Å². The van der Waals surface area contributed by atoms with E-state index >= 15 is 0 Å². The maximum Gasteiger partial charge on any atom is 0.252 e. The van der Waals surface area contributed by atoms with Gasteiger partial charge < -0.3 is 87.8 Å². The summed E-state index contributed by atoms with van der Waals surface area (Å²) in [4.78, 5) is 13.1. The van der Waals surface area contributed by atoms with Crippen LogP contribution in [0.5, 0.6) is 0 Å². The van der Waals surface area contributed by atoms with E-state index in [-0.39, 0.29) is 38.5 Å². The molecule has 0 aromatic rings. The SMILES string of the molecule is CN[C@@H]1[C@@H](O)[C@@H](O[C@@H]2[C@@H](O)[C@H](O[C@H]3O[C@H](CNCCCN)[C@@H](O)[C@H](O)[C@H]3O)[C@@H](N)C[C@H]2NC(=O)C2(O)CC(N)C2)OC[C@]1(C)O. The average molecular weight is 653 g/mol. The molecule has 0 radical (unpaired) electrons. The molecule has 0 bridgehead atoms. The Hall–Kier alpha value is -1.17. The van der Waals surface area contributed by atoms with E-state index in [9.17, 15) is 40.5 Å². The number of carbonyl (C=O) groups is 1. The highest BCUT2D eigenvalue weighted by atomic mass is 16.7. The van der Waals surface area contributed by atoms with Gasteiger partial charge >= 0.3 is 0 Å². The lowest BCUT2D eigenvalue weighted by Crippen LogP contribution is -2.71. The van der Waals surface area contributed by atoms with Gasteiger partial charge in [0.05, 0.1) is 18.7 Å². The lowest BCUT2D eigenvalue weighted by Gasteiger charge is -2.50. The lowest BCUT2D eigenvalue weighted by atomic mass is 9.75. The second-order valence-electron chi connectivity index (χ2n) is 13.0. The molecule has 2 aliphatic heterocycles. The van der Waals surface area contributed by atoms with Crippen LogP contribution in [0.3, 0.4) is 0 Å². The summed E-state index contributed by atoms with van der Waals surface area (Å²) < 4.78 is 23.4. The van der Waals surface area contributed by atoms with Gasteiger partial charge in [-0.25, -0.2) is 0 Å². The molecule has 4 rings (SSSR count). The molecule has 16 N–H and O–H groups in total. The molecule has 0 unspecified atom stereocenters. The Kier molecular flexibility index (Phi) is 12.2. The minimum absolute atomic E-state index is 0.0358. The smallest absolute Gasteiger partial charge is 0.252 e. The van der Waals surface area contributed by atoms with Crippen LogP contribution in [-0.2, 0) is 23.7 Å². The van der Waals surface area contributed by atoms with E-state index in [1.54, 1.807) is 0 Å². The molecule has 2 aliphatic carbocycles. The number of ether oxygens (including phenoxy) is 4. The highest BCUT2D eigenvalue weighted by molar-refractivity contribution is 5.86. The zero-order valence-electron chi connectivity index (χ0n) is 25.6. The third-order valence-corrected chi connectivity index (χ3v) is 9.25. The van der Waals surface area contributed by atoms with Crippen molar-refractivity contribution in [3.8, 4) is 0 Å². The monoisotopic (exact) mass is 652 g/mol. The molecule has 4 fully saturated rings. The average Bonchev–Trinajstić information content (AvgIpc) is 2.96. The van der Waals surface area contributed by atoms with Crippen LogP contribution in [0.1, 0.15) is 32.6 Å². The molecular weight excluding hydrogens is 600 g/mol. The van der Waals surface area contributed by atoms with E-state index < -0.39 is 96.6 Å². The van der Waals surface area contributed by atoms with Crippen molar-refractivity contribution in [3.05, 3.63) is 0 Å². The standard InChI is InChI=1S/C27H52N6O12/c1-26(40)10-42-23(19(38)22(26)31-2)45-21-13(33-25(39)27(41)7-11(29)8-27)6-12(30)20(18(21)37)44-24-17(36)16(35)15(34)14(43-24)9-32-5-3-4-28/h11-24,31-32,34-38,40-41H,3-10,28-30H2,1-2H3,(H,33,39)/t11?,12-,13+,14+,15+,16-,17+,18-,19+,20+,21-,22+,23+,24+,26-,27?/m0/s1. The van der Waals surface area contributed by atoms with Crippen LogP contribution in [0.25, 0.3) is 0 Å². The van der Waals surface area contributed by atoms with Crippen molar-refractivity contribution in [1.82, 2.24) is 16.0 Å². The summed E-state index contributed by atoms with van der Waals surface area (Å²) in [6, 6.07) is -3.24. The van der Waals surface area contributed by atoms with Gasteiger partial charge in [0.1, 0.15) is 60.0 Å². The number of rotatable bonds is 12. The fraction of sp³-hybridized carbons (Fsp3) is 0.963. The number of hydrogen-bond acceptors (Lipinski definition) is 17. The maximum absolute atomic E-state index is 13.1. The molecule has 45 heavy (non-hydrogen) atoms. The first-order chi connectivity index (χ1) is 21.1. The molecule has 1 amide bonds. The summed E-state index contributed by atoms with van der Waals surface area (Å²) in [6.07, 6.45) is -13.7. The first-order valence-corrected chi connectivity index (χ1v) is 15.5. The number of amides is 1. The van der Waals surface area contributed by atoms with Gasteiger partial charge in [-0.1, -0.05) is 0 Å². The molecule has 2 saturated heterocycles.